The first-order chi connectivity index (χ1) is 13.3. The molecule has 4 nitrogen and oxygen atoms in total. The third-order valence-electron chi connectivity index (χ3n) is 7.33. The molecule has 0 unspecified atom stereocenters. The van der Waals surface area contributed by atoms with Gasteiger partial charge in [-0.25, -0.2) is 0 Å². The van der Waals surface area contributed by atoms with Gasteiger partial charge in [-0.05, 0) is 51.0 Å². The maximum atomic E-state index is 7.13. The van der Waals surface area contributed by atoms with E-state index in [9.17, 15) is 0 Å². The van der Waals surface area contributed by atoms with E-state index in [-0.39, 0.29) is 16.8 Å². The van der Waals surface area contributed by atoms with Crippen molar-refractivity contribution < 1.29 is 19.7 Å². The normalized spacial score (nSPS) is 31.6. The molecule has 28 heavy (non-hydrogen) atoms. The maximum absolute atomic E-state index is 7.13. The number of benzene rings is 2. The van der Waals surface area contributed by atoms with Crippen molar-refractivity contribution >= 4 is 10.8 Å². The van der Waals surface area contributed by atoms with Gasteiger partial charge >= 0.3 is 0 Å². The average molecular weight is 383 g/mol. The Kier molecular flexibility index (Phi) is 4.07. The van der Waals surface area contributed by atoms with Gasteiger partial charge < -0.3 is 14.8 Å². The summed E-state index contributed by atoms with van der Waals surface area (Å²) in [7, 11) is 0. The van der Waals surface area contributed by atoms with Gasteiger partial charge in [-0.15, -0.1) is 0 Å². The second-order valence-electron chi connectivity index (χ2n) is 10.4. The van der Waals surface area contributed by atoms with E-state index in [0.29, 0.717) is 5.92 Å². The SMILES string of the molecule is CC1(C)C[C@]2([NH+]3CCOCC3)Oc3ccc4ccccc4c3C[C@@H]2C(C)(C)[NH2+]1. The highest BCUT2D eigenvalue weighted by atomic mass is 16.5. The maximum Gasteiger partial charge on any atom is 0.257 e. The minimum absolute atomic E-state index is 0.113. The zero-order valence-corrected chi connectivity index (χ0v) is 17.7. The second-order valence-corrected chi connectivity index (χ2v) is 10.4. The fourth-order valence-electron chi connectivity index (χ4n) is 6.60. The van der Waals surface area contributed by atoms with Crippen molar-refractivity contribution in [1.29, 1.82) is 0 Å². The highest BCUT2D eigenvalue weighted by Gasteiger charge is 2.66. The molecule has 0 radical (unpaired) electrons. The van der Waals surface area contributed by atoms with Crippen molar-refractivity contribution in [2.24, 2.45) is 5.92 Å². The van der Waals surface area contributed by atoms with Gasteiger partial charge in [-0.1, -0.05) is 30.3 Å². The van der Waals surface area contributed by atoms with Crippen molar-refractivity contribution in [2.75, 3.05) is 26.3 Å². The lowest BCUT2D eigenvalue weighted by atomic mass is 9.64. The van der Waals surface area contributed by atoms with E-state index in [4.69, 9.17) is 9.47 Å². The Morgan fingerprint density at radius 1 is 1.00 bits per heavy atom. The molecule has 3 heterocycles. The summed E-state index contributed by atoms with van der Waals surface area (Å²) >= 11 is 0. The molecule has 3 aliphatic rings. The third-order valence-corrected chi connectivity index (χ3v) is 7.33. The summed E-state index contributed by atoms with van der Waals surface area (Å²) in [6.07, 6.45) is 2.15. The van der Waals surface area contributed by atoms with Gasteiger partial charge in [0.25, 0.3) is 5.72 Å². The van der Waals surface area contributed by atoms with Crippen LogP contribution in [-0.2, 0) is 11.2 Å². The van der Waals surface area contributed by atoms with Crippen LogP contribution < -0.4 is 15.0 Å². The zero-order valence-electron chi connectivity index (χ0n) is 17.7. The summed E-state index contributed by atoms with van der Waals surface area (Å²) < 4.78 is 12.8. The minimum atomic E-state index is -0.180. The van der Waals surface area contributed by atoms with Crippen molar-refractivity contribution in [3.05, 3.63) is 42.0 Å². The number of ether oxygens (including phenoxy) is 2. The molecule has 0 aromatic heterocycles. The van der Waals surface area contributed by atoms with Crippen LogP contribution >= 0.6 is 0 Å². The molecule has 0 saturated carbocycles. The summed E-state index contributed by atoms with van der Waals surface area (Å²) in [5.74, 6) is 1.56. The number of morpholine rings is 1. The number of piperidine rings is 1. The van der Waals surface area contributed by atoms with Gasteiger partial charge in [0.2, 0.25) is 0 Å². The Morgan fingerprint density at radius 3 is 2.54 bits per heavy atom. The third kappa shape index (κ3) is 2.77. The Balaban J connectivity index is 1.68. The molecule has 2 aromatic rings. The molecule has 0 spiro atoms. The first kappa shape index (κ1) is 18.4. The Labute approximate surface area is 168 Å². The van der Waals surface area contributed by atoms with E-state index < -0.39 is 0 Å². The van der Waals surface area contributed by atoms with Crippen LogP contribution in [0.4, 0.5) is 0 Å². The lowest BCUT2D eigenvalue weighted by Gasteiger charge is -2.58. The van der Waals surface area contributed by atoms with Crippen molar-refractivity contribution in [2.45, 2.75) is 57.3 Å². The molecule has 0 amide bonds. The first-order valence-corrected chi connectivity index (χ1v) is 10.8. The van der Waals surface area contributed by atoms with Gasteiger partial charge in [0.05, 0.1) is 19.6 Å². The van der Waals surface area contributed by atoms with Gasteiger partial charge in [0.15, 0.2) is 0 Å². The van der Waals surface area contributed by atoms with Crippen LogP contribution in [0.5, 0.6) is 5.75 Å². The molecule has 0 aliphatic carbocycles. The summed E-state index contributed by atoms with van der Waals surface area (Å²) in [5.41, 5.74) is 1.48. The predicted octanol–water partition coefficient (Wildman–Crippen LogP) is 1.53. The molecule has 5 rings (SSSR count). The Bertz CT molecular complexity index is 901. The van der Waals surface area contributed by atoms with E-state index in [2.05, 4.69) is 69.4 Å². The van der Waals surface area contributed by atoms with Gasteiger partial charge in [-0.3, -0.25) is 4.90 Å². The lowest BCUT2D eigenvalue weighted by molar-refractivity contribution is -1.00. The van der Waals surface area contributed by atoms with Crippen LogP contribution in [0.1, 0.15) is 39.7 Å². The van der Waals surface area contributed by atoms with Crippen LogP contribution in [-0.4, -0.2) is 43.1 Å². The molecular weight excluding hydrogens is 348 g/mol. The van der Waals surface area contributed by atoms with E-state index in [0.717, 1.165) is 44.9 Å². The number of quaternary nitrogens is 2. The lowest BCUT2D eigenvalue weighted by Crippen LogP contribution is -3.28. The van der Waals surface area contributed by atoms with Crippen LogP contribution in [0, 0.1) is 5.92 Å². The number of fused-ring (bicyclic) bond motifs is 4. The smallest absolute Gasteiger partial charge is 0.257 e. The molecule has 2 atom stereocenters. The van der Waals surface area contributed by atoms with Gasteiger partial charge in [0.1, 0.15) is 35.8 Å². The summed E-state index contributed by atoms with van der Waals surface area (Å²) in [5, 5.41) is 5.27. The quantitative estimate of drug-likeness (QED) is 0.785. The molecular formula is C24H34N2O2+2. The largest absolute Gasteiger partial charge is 0.439 e. The van der Waals surface area contributed by atoms with E-state index in [1.54, 1.807) is 4.90 Å². The minimum Gasteiger partial charge on any atom is -0.439 e. The fourth-order valence-corrected chi connectivity index (χ4v) is 6.60. The summed E-state index contributed by atoms with van der Waals surface area (Å²) in [6, 6.07) is 13.2. The van der Waals surface area contributed by atoms with Crippen molar-refractivity contribution in [3.63, 3.8) is 0 Å². The van der Waals surface area contributed by atoms with E-state index in [1.165, 1.54) is 16.3 Å². The van der Waals surface area contributed by atoms with Crippen LogP contribution in [0.2, 0.25) is 0 Å². The first-order valence-electron chi connectivity index (χ1n) is 10.8. The summed E-state index contributed by atoms with van der Waals surface area (Å²) in [6.45, 7) is 13.3. The highest BCUT2D eigenvalue weighted by molar-refractivity contribution is 5.88. The molecule has 2 fully saturated rings. The van der Waals surface area contributed by atoms with Crippen LogP contribution in [0.3, 0.4) is 0 Å². The molecule has 4 heteroatoms. The Morgan fingerprint density at radius 2 is 1.75 bits per heavy atom. The van der Waals surface area contributed by atoms with Gasteiger partial charge in [-0.2, -0.15) is 0 Å². The number of hydrogen-bond donors (Lipinski definition) is 2. The van der Waals surface area contributed by atoms with Crippen molar-refractivity contribution in [1.82, 2.24) is 0 Å². The fraction of sp³-hybridized carbons (Fsp3) is 0.583. The predicted molar refractivity (Wildman–Crippen MR) is 111 cm³/mol. The molecule has 150 valence electrons. The van der Waals surface area contributed by atoms with Crippen LogP contribution in [0.25, 0.3) is 10.8 Å². The van der Waals surface area contributed by atoms with Gasteiger partial charge in [0, 0.05) is 5.56 Å². The molecule has 3 N–H and O–H groups in total. The summed E-state index contributed by atoms with van der Waals surface area (Å²) in [4.78, 5) is 1.58. The van der Waals surface area contributed by atoms with Crippen LogP contribution in [0.15, 0.2) is 36.4 Å². The topological polar surface area (TPSA) is 39.5 Å². The number of rotatable bonds is 1. The molecule has 0 bridgehead atoms. The monoisotopic (exact) mass is 382 g/mol. The Hall–Kier alpha value is -1.62. The number of nitrogens with two attached hydrogens (primary N) is 1. The standard InChI is InChI=1S/C24H32N2O2/c1-22(2)16-24(26-11-13-27-14-12-26)21(23(3,4)25-22)15-19-18-8-6-5-7-17(18)9-10-20(19)28-24/h5-10,21,25H,11-16H2,1-4H3/p+2/t21-,24+/m1/s1. The molecule has 2 saturated heterocycles. The van der Waals surface area contributed by atoms with E-state index in [1.807, 2.05) is 0 Å². The highest BCUT2D eigenvalue weighted by Crippen LogP contribution is 2.46. The molecule has 3 aliphatic heterocycles. The average Bonchev–Trinajstić information content (AvgIpc) is 2.66. The van der Waals surface area contributed by atoms with Crippen molar-refractivity contribution in [3.8, 4) is 5.75 Å². The number of nitrogens with one attached hydrogen (secondary N) is 1. The zero-order chi connectivity index (χ0) is 19.6. The molecule has 2 aromatic carbocycles. The van der Waals surface area contributed by atoms with E-state index >= 15 is 0 Å². The second kappa shape index (κ2) is 6.19. The number of hydrogen-bond acceptors (Lipinski definition) is 2.